The lowest BCUT2D eigenvalue weighted by molar-refractivity contribution is 0.316. The molecule has 0 radical (unpaired) electrons. The van der Waals surface area contributed by atoms with Crippen LogP contribution in [0.1, 0.15) is 12.8 Å². The molecule has 1 aliphatic rings. The molecule has 0 aromatic heterocycles. The number of nitrogens with two attached hydrogens (primary N) is 2. The number of hydrogen-bond acceptors (Lipinski definition) is 5. The number of nitrogens with one attached hydrogen (secondary N) is 1. The van der Waals surface area contributed by atoms with Crippen molar-refractivity contribution in [2.45, 2.75) is 18.6 Å². The highest BCUT2D eigenvalue weighted by Crippen LogP contribution is 2.10. The summed E-state index contributed by atoms with van der Waals surface area (Å²) >= 11 is 0. The second-order valence-electron chi connectivity index (χ2n) is 3.88. The van der Waals surface area contributed by atoms with Crippen LogP contribution in [0.25, 0.3) is 0 Å². The van der Waals surface area contributed by atoms with Crippen LogP contribution in [0.15, 0.2) is 16.9 Å². The van der Waals surface area contributed by atoms with E-state index < -0.39 is 5.79 Å². The van der Waals surface area contributed by atoms with Crippen LogP contribution in [-0.2, 0) is 0 Å². The van der Waals surface area contributed by atoms with Crippen LogP contribution in [0.5, 0.6) is 0 Å². The monoisotopic (exact) mass is 197 g/mol. The lowest BCUT2D eigenvalue weighted by atomic mass is 10.1. The van der Waals surface area contributed by atoms with Gasteiger partial charge >= 0.3 is 0 Å². The van der Waals surface area contributed by atoms with E-state index in [9.17, 15) is 0 Å². The standard InChI is InChI=1S/C9H19N5/c1-14(2)5-3-4-9(11)12-6-8(10)7-13-9/h6-7,12H,3-5,10-11H2,1-2H3. The third kappa shape index (κ3) is 3.35. The lowest BCUT2D eigenvalue weighted by Gasteiger charge is -2.28. The van der Waals surface area contributed by atoms with E-state index in [1.54, 1.807) is 12.4 Å². The van der Waals surface area contributed by atoms with E-state index in [1.807, 2.05) is 14.1 Å². The van der Waals surface area contributed by atoms with Gasteiger partial charge in [-0.15, -0.1) is 0 Å². The van der Waals surface area contributed by atoms with Crippen molar-refractivity contribution in [2.75, 3.05) is 20.6 Å². The Labute approximate surface area is 84.8 Å². The number of hydrogen-bond donors (Lipinski definition) is 3. The first-order valence-electron chi connectivity index (χ1n) is 4.74. The van der Waals surface area contributed by atoms with Gasteiger partial charge in [-0.25, -0.2) is 4.99 Å². The molecule has 5 heteroatoms. The van der Waals surface area contributed by atoms with E-state index in [4.69, 9.17) is 11.5 Å². The smallest absolute Gasteiger partial charge is 0.181 e. The number of allylic oxidation sites excluding steroid dienone is 1. The van der Waals surface area contributed by atoms with Crippen molar-refractivity contribution < 1.29 is 0 Å². The van der Waals surface area contributed by atoms with Crippen LogP contribution in [0, 0.1) is 0 Å². The molecule has 0 bridgehead atoms. The maximum absolute atomic E-state index is 5.98. The van der Waals surface area contributed by atoms with Crippen molar-refractivity contribution in [1.29, 1.82) is 0 Å². The zero-order valence-corrected chi connectivity index (χ0v) is 8.83. The first-order valence-corrected chi connectivity index (χ1v) is 4.74. The van der Waals surface area contributed by atoms with Crippen molar-refractivity contribution in [3.05, 3.63) is 11.9 Å². The van der Waals surface area contributed by atoms with Gasteiger partial charge in [-0.1, -0.05) is 0 Å². The fraction of sp³-hybridized carbons (Fsp3) is 0.667. The first-order chi connectivity index (χ1) is 6.52. The highest BCUT2D eigenvalue weighted by Gasteiger charge is 2.22. The normalized spacial score (nSPS) is 26.1. The van der Waals surface area contributed by atoms with Crippen molar-refractivity contribution in [2.24, 2.45) is 16.5 Å². The fourth-order valence-corrected chi connectivity index (χ4v) is 1.27. The Hall–Kier alpha value is -1.07. The van der Waals surface area contributed by atoms with Gasteiger partial charge in [-0.2, -0.15) is 0 Å². The summed E-state index contributed by atoms with van der Waals surface area (Å²) in [6, 6.07) is 0. The molecule has 0 spiro atoms. The molecular weight excluding hydrogens is 178 g/mol. The fourth-order valence-electron chi connectivity index (χ4n) is 1.27. The summed E-state index contributed by atoms with van der Waals surface area (Å²) in [5.41, 5.74) is 12.1. The molecule has 1 heterocycles. The van der Waals surface area contributed by atoms with Crippen LogP contribution in [0.4, 0.5) is 0 Å². The molecule has 0 amide bonds. The Balaban J connectivity index is 2.34. The van der Waals surface area contributed by atoms with Gasteiger partial charge in [0.1, 0.15) is 0 Å². The van der Waals surface area contributed by atoms with Crippen molar-refractivity contribution >= 4 is 6.21 Å². The molecule has 1 unspecified atom stereocenters. The topological polar surface area (TPSA) is 79.7 Å². The summed E-state index contributed by atoms with van der Waals surface area (Å²) in [6.07, 6.45) is 5.10. The SMILES string of the molecule is CN(C)CCCC1(N)N=CC(N)=CN1. The Morgan fingerprint density at radius 2 is 2.29 bits per heavy atom. The van der Waals surface area contributed by atoms with E-state index in [0.29, 0.717) is 5.70 Å². The quantitative estimate of drug-likeness (QED) is 0.563. The lowest BCUT2D eigenvalue weighted by Crippen LogP contribution is -2.51. The molecule has 0 aliphatic carbocycles. The Kier molecular flexibility index (Phi) is 3.49. The Morgan fingerprint density at radius 1 is 1.57 bits per heavy atom. The van der Waals surface area contributed by atoms with E-state index in [1.165, 1.54) is 0 Å². The van der Waals surface area contributed by atoms with Gasteiger partial charge in [-0.05, 0) is 27.1 Å². The average Bonchev–Trinajstić information content (AvgIpc) is 2.10. The van der Waals surface area contributed by atoms with Gasteiger partial charge in [0.2, 0.25) is 0 Å². The van der Waals surface area contributed by atoms with Gasteiger partial charge in [0, 0.05) is 18.8 Å². The minimum Gasteiger partial charge on any atom is -0.396 e. The highest BCUT2D eigenvalue weighted by atomic mass is 15.3. The summed E-state index contributed by atoms with van der Waals surface area (Å²) in [5.74, 6) is -0.668. The summed E-state index contributed by atoms with van der Waals surface area (Å²) in [7, 11) is 4.08. The molecule has 80 valence electrons. The zero-order chi connectivity index (χ0) is 10.6. The van der Waals surface area contributed by atoms with Gasteiger partial charge in [-0.3, -0.25) is 5.73 Å². The third-order valence-electron chi connectivity index (χ3n) is 2.10. The van der Waals surface area contributed by atoms with Crippen LogP contribution in [-0.4, -0.2) is 37.5 Å². The minimum atomic E-state index is -0.668. The van der Waals surface area contributed by atoms with E-state index in [2.05, 4.69) is 15.2 Å². The summed E-state index contributed by atoms with van der Waals surface area (Å²) in [5, 5.41) is 2.99. The largest absolute Gasteiger partial charge is 0.396 e. The summed E-state index contributed by atoms with van der Waals surface area (Å²) < 4.78 is 0. The molecule has 0 fully saturated rings. The van der Waals surface area contributed by atoms with Crippen LogP contribution < -0.4 is 16.8 Å². The number of nitrogens with zero attached hydrogens (tertiary/aromatic N) is 2. The molecule has 14 heavy (non-hydrogen) atoms. The maximum Gasteiger partial charge on any atom is 0.181 e. The van der Waals surface area contributed by atoms with Gasteiger partial charge in [0.15, 0.2) is 5.79 Å². The van der Waals surface area contributed by atoms with Crippen LogP contribution >= 0.6 is 0 Å². The van der Waals surface area contributed by atoms with E-state index in [0.717, 1.165) is 19.4 Å². The predicted octanol–water partition coefficient (Wildman–Crippen LogP) is -0.585. The van der Waals surface area contributed by atoms with Gasteiger partial charge in [0.05, 0.1) is 5.70 Å². The third-order valence-corrected chi connectivity index (χ3v) is 2.10. The molecule has 0 aromatic rings. The van der Waals surface area contributed by atoms with Crippen LogP contribution in [0.2, 0.25) is 0 Å². The second kappa shape index (κ2) is 4.43. The number of rotatable bonds is 4. The minimum absolute atomic E-state index is 0.610. The molecule has 0 saturated carbocycles. The van der Waals surface area contributed by atoms with Gasteiger partial charge < -0.3 is 16.0 Å². The molecular formula is C9H19N5. The second-order valence-corrected chi connectivity index (χ2v) is 3.88. The van der Waals surface area contributed by atoms with Gasteiger partial charge in [0.25, 0.3) is 0 Å². The van der Waals surface area contributed by atoms with Crippen molar-refractivity contribution in [1.82, 2.24) is 10.2 Å². The van der Waals surface area contributed by atoms with Crippen molar-refractivity contribution in [3.63, 3.8) is 0 Å². The van der Waals surface area contributed by atoms with E-state index in [-0.39, 0.29) is 0 Å². The molecule has 5 N–H and O–H groups in total. The maximum atomic E-state index is 5.98. The molecule has 0 aromatic carbocycles. The van der Waals surface area contributed by atoms with Crippen LogP contribution in [0.3, 0.4) is 0 Å². The summed E-state index contributed by atoms with van der Waals surface area (Å²) in [6.45, 7) is 1.01. The molecule has 0 saturated heterocycles. The highest BCUT2D eigenvalue weighted by molar-refractivity contribution is 5.78. The predicted molar refractivity (Wildman–Crippen MR) is 58.6 cm³/mol. The Morgan fingerprint density at radius 3 is 2.79 bits per heavy atom. The van der Waals surface area contributed by atoms with E-state index >= 15 is 0 Å². The zero-order valence-electron chi connectivity index (χ0n) is 8.83. The average molecular weight is 197 g/mol. The van der Waals surface area contributed by atoms with Crippen molar-refractivity contribution in [3.8, 4) is 0 Å². The Bertz CT molecular complexity index is 246. The summed E-state index contributed by atoms with van der Waals surface area (Å²) in [4.78, 5) is 6.29. The molecule has 1 aliphatic heterocycles. The number of aliphatic imine (C=N–C) groups is 1. The molecule has 5 nitrogen and oxygen atoms in total. The molecule has 1 rings (SSSR count). The molecule has 1 atom stereocenters. The first kappa shape index (κ1) is 11.0.